The van der Waals surface area contributed by atoms with Gasteiger partial charge >= 0.3 is 0 Å². The Bertz CT molecular complexity index is 789. The lowest BCUT2D eigenvalue weighted by molar-refractivity contribution is 0.396. The van der Waals surface area contributed by atoms with Gasteiger partial charge in [-0.25, -0.2) is 9.97 Å². The Morgan fingerprint density at radius 1 is 1.10 bits per heavy atom. The molecule has 0 aliphatic heterocycles. The van der Waals surface area contributed by atoms with Crippen LogP contribution in [0.4, 0.5) is 5.95 Å². The fourth-order valence-electron chi connectivity index (χ4n) is 1.82. The lowest BCUT2D eigenvalue weighted by Crippen LogP contribution is -1.98. The zero-order chi connectivity index (χ0) is 14.8. The first-order valence-electron chi connectivity index (χ1n) is 6.08. The Balaban J connectivity index is 1.92. The smallest absolute Gasteiger partial charge is 0.224 e. The molecule has 0 fully saturated rings. The van der Waals surface area contributed by atoms with Crippen LogP contribution in [0.15, 0.2) is 34.4 Å². The highest BCUT2D eigenvalue weighted by molar-refractivity contribution is 7.99. The molecule has 3 N–H and O–H groups in total. The van der Waals surface area contributed by atoms with Gasteiger partial charge in [0, 0.05) is 12.1 Å². The van der Waals surface area contributed by atoms with E-state index in [2.05, 4.69) is 19.9 Å². The molecule has 0 bridgehead atoms. The number of methoxy groups -OCH3 is 2. The number of aromatic nitrogens is 4. The van der Waals surface area contributed by atoms with E-state index in [-0.39, 0.29) is 5.95 Å². The van der Waals surface area contributed by atoms with Crippen molar-refractivity contribution in [1.29, 1.82) is 0 Å². The average Bonchev–Trinajstić information content (AvgIpc) is 2.87. The summed E-state index contributed by atoms with van der Waals surface area (Å²) in [5, 5.41) is 1.36. The minimum Gasteiger partial charge on any atom is -0.497 e. The Labute approximate surface area is 124 Å². The van der Waals surface area contributed by atoms with Crippen LogP contribution in [0.5, 0.6) is 11.6 Å². The highest BCUT2D eigenvalue weighted by Gasteiger charge is 2.09. The topological polar surface area (TPSA) is 98.9 Å². The number of rotatable bonds is 4. The molecule has 0 aliphatic rings. The van der Waals surface area contributed by atoms with Crippen LogP contribution in [0.2, 0.25) is 0 Å². The molecule has 3 aromatic rings. The lowest BCUT2D eigenvalue weighted by atomic mass is 10.3. The van der Waals surface area contributed by atoms with E-state index in [0.717, 1.165) is 16.8 Å². The number of nitrogens with two attached hydrogens (primary N) is 1. The van der Waals surface area contributed by atoms with Crippen molar-refractivity contribution in [1.82, 2.24) is 19.9 Å². The number of ether oxygens (including phenoxy) is 2. The van der Waals surface area contributed by atoms with Crippen molar-refractivity contribution >= 4 is 28.7 Å². The fourth-order valence-corrected chi connectivity index (χ4v) is 2.62. The molecule has 0 spiro atoms. The number of nitrogen functional groups attached to an aromatic ring is 1. The summed E-state index contributed by atoms with van der Waals surface area (Å²) in [6.45, 7) is 0. The van der Waals surface area contributed by atoms with Gasteiger partial charge in [0.1, 0.15) is 10.8 Å². The van der Waals surface area contributed by atoms with Crippen LogP contribution in [-0.2, 0) is 0 Å². The quantitative estimate of drug-likeness (QED) is 0.712. The molecule has 0 saturated carbocycles. The first kappa shape index (κ1) is 13.5. The van der Waals surface area contributed by atoms with E-state index in [4.69, 9.17) is 15.2 Å². The highest BCUT2D eigenvalue weighted by atomic mass is 32.2. The average molecular weight is 303 g/mol. The standard InChI is InChI=1S/C13H13N5O2S/c1-19-7-3-4-8-9(5-7)16-13(15-8)21-11-6-10(20-2)17-12(14)18-11/h3-6H,1-2H3,(H,15,16)(H2,14,17,18). The van der Waals surface area contributed by atoms with Crippen molar-refractivity contribution in [3.05, 3.63) is 24.3 Å². The molecular weight excluding hydrogens is 290 g/mol. The predicted octanol–water partition coefficient (Wildman–Crippen LogP) is 2.10. The van der Waals surface area contributed by atoms with Gasteiger partial charge in [-0.3, -0.25) is 0 Å². The van der Waals surface area contributed by atoms with Crippen molar-refractivity contribution in [2.45, 2.75) is 10.2 Å². The van der Waals surface area contributed by atoms with Gasteiger partial charge in [-0.2, -0.15) is 4.98 Å². The summed E-state index contributed by atoms with van der Waals surface area (Å²) in [5.74, 6) is 1.35. The zero-order valence-electron chi connectivity index (χ0n) is 11.5. The number of aromatic amines is 1. The van der Waals surface area contributed by atoms with E-state index in [0.29, 0.717) is 16.1 Å². The van der Waals surface area contributed by atoms with E-state index < -0.39 is 0 Å². The Kier molecular flexibility index (Phi) is 3.53. The van der Waals surface area contributed by atoms with Gasteiger partial charge < -0.3 is 20.2 Å². The molecule has 0 atom stereocenters. The minimum absolute atomic E-state index is 0.162. The summed E-state index contributed by atoms with van der Waals surface area (Å²) >= 11 is 1.35. The maximum absolute atomic E-state index is 5.64. The van der Waals surface area contributed by atoms with Gasteiger partial charge in [-0.15, -0.1) is 0 Å². The number of nitrogens with zero attached hydrogens (tertiary/aromatic N) is 3. The molecule has 0 amide bonds. The summed E-state index contributed by atoms with van der Waals surface area (Å²) in [6.07, 6.45) is 0. The maximum atomic E-state index is 5.64. The van der Waals surface area contributed by atoms with Gasteiger partial charge in [0.2, 0.25) is 11.8 Å². The van der Waals surface area contributed by atoms with Gasteiger partial charge in [0.05, 0.1) is 25.3 Å². The number of fused-ring (bicyclic) bond motifs is 1. The minimum atomic E-state index is 0.162. The van der Waals surface area contributed by atoms with Crippen molar-refractivity contribution < 1.29 is 9.47 Å². The van der Waals surface area contributed by atoms with Crippen LogP contribution in [0.3, 0.4) is 0 Å². The largest absolute Gasteiger partial charge is 0.497 e. The fraction of sp³-hybridized carbons (Fsp3) is 0.154. The van der Waals surface area contributed by atoms with Crippen LogP contribution in [0, 0.1) is 0 Å². The molecule has 108 valence electrons. The number of benzene rings is 1. The number of nitrogens with one attached hydrogen (secondary N) is 1. The van der Waals surface area contributed by atoms with Gasteiger partial charge in [-0.1, -0.05) is 0 Å². The van der Waals surface area contributed by atoms with Crippen molar-refractivity contribution in [2.75, 3.05) is 20.0 Å². The van der Waals surface area contributed by atoms with Crippen molar-refractivity contribution in [3.8, 4) is 11.6 Å². The summed E-state index contributed by atoms with van der Waals surface area (Å²) in [6, 6.07) is 7.35. The summed E-state index contributed by atoms with van der Waals surface area (Å²) in [4.78, 5) is 15.8. The normalized spacial score (nSPS) is 10.8. The number of hydrogen-bond donors (Lipinski definition) is 2. The monoisotopic (exact) mass is 303 g/mol. The molecule has 1 aromatic carbocycles. The zero-order valence-corrected chi connectivity index (χ0v) is 12.3. The van der Waals surface area contributed by atoms with E-state index in [1.165, 1.54) is 18.9 Å². The van der Waals surface area contributed by atoms with Crippen LogP contribution in [0.1, 0.15) is 0 Å². The number of H-pyrrole nitrogens is 1. The second-order valence-electron chi connectivity index (χ2n) is 4.13. The Morgan fingerprint density at radius 3 is 2.71 bits per heavy atom. The molecule has 2 heterocycles. The van der Waals surface area contributed by atoms with Gasteiger partial charge in [0.25, 0.3) is 0 Å². The predicted molar refractivity (Wildman–Crippen MR) is 79.8 cm³/mol. The molecule has 0 saturated heterocycles. The molecule has 7 nitrogen and oxygen atoms in total. The van der Waals surface area contributed by atoms with Crippen LogP contribution >= 0.6 is 11.8 Å². The number of anilines is 1. The van der Waals surface area contributed by atoms with E-state index in [1.807, 2.05) is 18.2 Å². The van der Waals surface area contributed by atoms with Crippen LogP contribution < -0.4 is 15.2 Å². The van der Waals surface area contributed by atoms with Crippen molar-refractivity contribution in [3.63, 3.8) is 0 Å². The third kappa shape index (κ3) is 2.84. The van der Waals surface area contributed by atoms with E-state index in [1.54, 1.807) is 13.2 Å². The molecule has 0 radical (unpaired) electrons. The summed E-state index contributed by atoms with van der Waals surface area (Å²) in [5.41, 5.74) is 7.39. The molecule has 21 heavy (non-hydrogen) atoms. The second-order valence-corrected chi connectivity index (χ2v) is 5.14. The first-order chi connectivity index (χ1) is 10.2. The highest BCUT2D eigenvalue weighted by Crippen LogP contribution is 2.29. The summed E-state index contributed by atoms with van der Waals surface area (Å²) < 4.78 is 10.3. The van der Waals surface area contributed by atoms with E-state index in [9.17, 15) is 0 Å². The molecule has 3 rings (SSSR count). The molecule has 8 heteroatoms. The molecule has 2 aromatic heterocycles. The second kappa shape index (κ2) is 5.49. The van der Waals surface area contributed by atoms with Crippen LogP contribution in [0.25, 0.3) is 11.0 Å². The Hall–Kier alpha value is -2.48. The number of imidazole rings is 1. The molecule has 0 aliphatic carbocycles. The molecular formula is C13H13N5O2S. The first-order valence-corrected chi connectivity index (χ1v) is 6.90. The third-order valence-corrected chi connectivity index (χ3v) is 3.58. The SMILES string of the molecule is COc1ccc2nc(Sc3cc(OC)nc(N)n3)[nH]c2c1. The number of hydrogen-bond acceptors (Lipinski definition) is 7. The molecule has 0 unspecified atom stereocenters. The van der Waals surface area contributed by atoms with E-state index >= 15 is 0 Å². The summed E-state index contributed by atoms with van der Waals surface area (Å²) in [7, 11) is 3.16. The maximum Gasteiger partial charge on any atom is 0.224 e. The van der Waals surface area contributed by atoms with Gasteiger partial charge in [0.15, 0.2) is 5.16 Å². The third-order valence-electron chi connectivity index (χ3n) is 2.77. The lowest BCUT2D eigenvalue weighted by Gasteiger charge is -2.02. The van der Waals surface area contributed by atoms with Crippen LogP contribution in [-0.4, -0.2) is 34.2 Å². The van der Waals surface area contributed by atoms with Crippen molar-refractivity contribution in [2.24, 2.45) is 0 Å². The van der Waals surface area contributed by atoms with Gasteiger partial charge in [-0.05, 0) is 23.9 Å². The Morgan fingerprint density at radius 2 is 1.95 bits per heavy atom.